The Hall–Kier alpha value is -1.50. The van der Waals surface area contributed by atoms with Crippen molar-refractivity contribution in [3.05, 3.63) is 53.1 Å². The maximum atomic E-state index is 2.31. The van der Waals surface area contributed by atoms with Gasteiger partial charge in [-0.1, -0.05) is 54.3 Å². The molecule has 0 fully saturated rings. The van der Waals surface area contributed by atoms with Gasteiger partial charge in [-0.15, -0.1) is 0 Å². The van der Waals surface area contributed by atoms with Gasteiger partial charge in [-0.3, -0.25) is 0 Å². The van der Waals surface area contributed by atoms with E-state index >= 15 is 0 Å². The van der Waals surface area contributed by atoms with Crippen molar-refractivity contribution < 1.29 is 0 Å². The minimum atomic E-state index is 1.11. The van der Waals surface area contributed by atoms with Gasteiger partial charge in [0.15, 0.2) is 0 Å². The standard InChI is InChI=1S/C16H19B/c1-4-13-9-12(3)16(15(17)10-13)14-7-5-11(2)6-8-14/h5-10H,4,17H2,1-3H3. The van der Waals surface area contributed by atoms with Crippen molar-refractivity contribution in [2.45, 2.75) is 27.2 Å². The molecule has 0 saturated carbocycles. The third-order valence-electron chi connectivity index (χ3n) is 3.34. The molecule has 2 aromatic carbocycles. The van der Waals surface area contributed by atoms with Gasteiger partial charge in [0, 0.05) is 0 Å². The van der Waals surface area contributed by atoms with Crippen molar-refractivity contribution in [1.82, 2.24) is 0 Å². The highest BCUT2D eigenvalue weighted by atomic mass is 14.1. The molecule has 86 valence electrons. The van der Waals surface area contributed by atoms with Gasteiger partial charge in [-0.25, -0.2) is 0 Å². The van der Waals surface area contributed by atoms with E-state index in [9.17, 15) is 0 Å². The van der Waals surface area contributed by atoms with Gasteiger partial charge in [0.2, 0.25) is 0 Å². The maximum Gasteiger partial charge on any atom is 0.140 e. The zero-order chi connectivity index (χ0) is 12.4. The van der Waals surface area contributed by atoms with Gasteiger partial charge in [0.1, 0.15) is 7.85 Å². The summed E-state index contributed by atoms with van der Waals surface area (Å²) < 4.78 is 0. The molecule has 0 aliphatic heterocycles. The molecule has 0 radical (unpaired) electrons. The maximum absolute atomic E-state index is 2.31. The number of hydrogen-bond donors (Lipinski definition) is 0. The van der Waals surface area contributed by atoms with Crippen LogP contribution in [0.15, 0.2) is 36.4 Å². The van der Waals surface area contributed by atoms with Crippen LogP contribution in [0.3, 0.4) is 0 Å². The van der Waals surface area contributed by atoms with Crippen LogP contribution in [0.5, 0.6) is 0 Å². The summed E-state index contributed by atoms with van der Waals surface area (Å²) in [6, 6.07) is 13.4. The average molecular weight is 222 g/mol. The molecule has 1 heteroatoms. The SMILES string of the molecule is Bc1cc(CC)cc(C)c1-c1ccc(C)cc1. The summed E-state index contributed by atoms with van der Waals surface area (Å²) in [5.74, 6) is 0. The van der Waals surface area contributed by atoms with E-state index in [1.165, 1.54) is 33.3 Å². The fourth-order valence-electron chi connectivity index (χ4n) is 2.43. The molecule has 0 amide bonds. The average Bonchev–Trinajstić information content (AvgIpc) is 2.30. The van der Waals surface area contributed by atoms with Gasteiger partial charge < -0.3 is 0 Å². The number of rotatable bonds is 2. The Bertz CT molecular complexity index is 501. The molecule has 0 aliphatic rings. The summed E-state index contributed by atoms with van der Waals surface area (Å²) >= 11 is 0. The van der Waals surface area contributed by atoms with E-state index in [0.717, 1.165) is 6.42 Å². The lowest BCUT2D eigenvalue weighted by molar-refractivity contribution is 1.14. The molecule has 0 aliphatic carbocycles. The predicted octanol–water partition coefficient (Wildman–Crippen LogP) is 2.79. The summed E-state index contributed by atoms with van der Waals surface area (Å²) in [7, 11) is 2.21. The second-order valence-corrected chi connectivity index (χ2v) is 4.82. The summed E-state index contributed by atoms with van der Waals surface area (Å²) in [6.07, 6.45) is 1.11. The van der Waals surface area contributed by atoms with Gasteiger partial charge in [0.05, 0.1) is 0 Å². The normalized spacial score (nSPS) is 10.5. The molecule has 17 heavy (non-hydrogen) atoms. The molecular formula is C16H19B. The Morgan fingerprint density at radius 1 is 1.00 bits per heavy atom. The van der Waals surface area contributed by atoms with Gasteiger partial charge >= 0.3 is 0 Å². The van der Waals surface area contributed by atoms with Crippen molar-refractivity contribution in [2.75, 3.05) is 0 Å². The number of benzene rings is 2. The highest BCUT2D eigenvalue weighted by Crippen LogP contribution is 2.22. The van der Waals surface area contributed by atoms with Crippen LogP contribution in [0.25, 0.3) is 11.1 Å². The monoisotopic (exact) mass is 222 g/mol. The second-order valence-electron chi connectivity index (χ2n) is 4.82. The Balaban J connectivity index is 2.55. The van der Waals surface area contributed by atoms with Crippen LogP contribution in [0, 0.1) is 13.8 Å². The van der Waals surface area contributed by atoms with Crippen LogP contribution in [-0.4, -0.2) is 7.85 Å². The highest BCUT2D eigenvalue weighted by Gasteiger charge is 2.06. The zero-order valence-corrected chi connectivity index (χ0v) is 11.2. The van der Waals surface area contributed by atoms with Crippen LogP contribution >= 0.6 is 0 Å². The van der Waals surface area contributed by atoms with E-state index < -0.39 is 0 Å². The third-order valence-corrected chi connectivity index (χ3v) is 3.34. The van der Waals surface area contributed by atoms with E-state index in [1.807, 2.05) is 0 Å². The number of hydrogen-bond acceptors (Lipinski definition) is 0. The molecule has 0 spiro atoms. The van der Waals surface area contributed by atoms with Crippen LogP contribution in [0.2, 0.25) is 0 Å². The minimum absolute atomic E-state index is 1.11. The first-order valence-corrected chi connectivity index (χ1v) is 6.29. The third kappa shape index (κ3) is 2.44. The lowest BCUT2D eigenvalue weighted by Crippen LogP contribution is -2.10. The van der Waals surface area contributed by atoms with Crippen molar-refractivity contribution in [3.8, 4) is 11.1 Å². The zero-order valence-electron chi connectivity index (χ0n) is 11.2. The van der Waals surface area contributed by atoms with Crippen LogP contribution in [0.1, 0.15) is 23.6 Å². The van der Waals surface area contributed by atoms with Gasteiger partial charge in [-0.2, -0.15) is 0 Å². The van der Waals surface area contributed by atoms with E-state index in [1.54, 1.807) is 0 Å². The van der Waals surface area contributed by atoms with Gasteiger partial charge in [-0.05, 0) is 42.5 Å². The largest absolute Gasteiger partial charge is 0.140 e. The molecule has 2 aromatic rings. The minimum Gasteiger partial charge on any atom is -0.0807 e. The molecule has 0 bridgehead atoms. The van der Waals surface area contributed by atoms with E-state index in [2.05, 4.69) is 65.0 Å². The Labute approximate surface area is 105 Å². The van der Waals surface area contributed by atoms with E-state index in [-0.39, 0.29) is 0 Å². The fourth-order valence-corrected chi connectivity index (χ4v) is 2.43. The topological polar surface area (TPSA) is 0 Å². The first kappa shape index (κ1) is 12.0. The molecule has 0 N–H and O–H groups in total. The molecule has 0 unspecified atom stereocenters. The Kier molecular flexibility index (Phi) is 3.37. The first-order chi connectivity index (χ1) is 8.11. The van der Waals surface area contributed by atoms with Crippen LogP contribution < -0.4 is 5.46 Å². The molecule has 0 atom stereocenters. The highest BCUT2D eigenvalue weighted by molar-refractivity contribution is 6.36. The fraction of sp³-hybridized carbons (Fsp3) is 0.250. The Morgan fingerprint density at radius 2 is 1.65 bits per heavy atom. The summed E-state index contributed by atoms with van der Waals surface area (Å²) in [5, 5.41) is 0. The summed E-state index contributed by atoms with van der Waals surface area (Å²) in [5.41, 5.74) is 8.22. The summed E-state index contributed by atoms with van der Waals surface area (Å²) in [4.78, 5) is 0. The molecule has 0 nitrogen and oxygen atoms in total. The lowest BCUT2D eigenvalue weighted by atomic mass is 9.82. The van der Waals surface area contributed by atoms with Crippen LogP contribution in [0.4, 0.5) is 0 Å². The summed E-state index contributed by atoms with van der Waals surface area (Å²) in [6.45, 7) is 6.55. The van der Waals surface area contributed by atoms with Crippen molar-refractivity contribution in [1.29, 1.82) is 0 Å². The van der Waals surface area contributed by atoms with E-state index in [0.29, 0.717) is 0 Å². The molecular weight excluding hydrogens is 203 g/mol. The number of aryl methyl sites for hydroxylation is 3. The molecule has 0 aromatic heterocycles. The first-order valence-electron chi connectivity index (χ1n) is 6.29. The van der Waals surface area contributed by atoms with E-state index in [4.69, 9.17) is 0 Å². The van der Waals surface area contributed by atoms with Crippen LogP contribution in [-0.2, 0) is 6.42 Å². The van der Waals surface area contributed by atoms with Gasteiger partial charge in [0.25, 0.3) is 0 Å². The Morgan fingerprint density at radius 3 is 2.18 bits per heavy atom. The molecule has 0 saturated heterocycles. The quantitative estimate of drug-likeness (QED) is 0.685. The van der Waals surface area contributed by atoms with Crippen molar-refractivity contribution >= 4 is 13.3 Å². The predicted molar refractivity (Wildman–Crippen MR) is 78.9 cm³/mol. The van der Waals surface area contributed by atoms with Crippen molar-refractivity contribution in [3.63, 3.8) is 0 Å². The lowest BCUT2D eigenvalue weighted by Gasteiger charge is -2.13. The molecule has 0 heterocycles. The smallest absolute Gasteiger partial charge is 0.0807 e. The second kappa shape index (κ2) is 4.79. The van der Waals surface area contributed by atoms with Crippen molar-refractivity contribution in [2.24, 2.45) is 0 Å². The molecule has 2 rings (SSSR count).